The van der Waals surface area contributed by atoms with Crippen molar-refractivity contribution in [2.24, 2.45) is 5.92 Å². The van der Waals surface area contributed by atoms with E-state index < -0.39 is 44.0 Å². The minimum atomic E-state index is -4.86. The highest BCUT2D eigenvalue weighted by Gasteiger charge is 2.39. The molecule has 1 atom stereocenters. The molecule has 0 bridgehead atoms. The number of pyridine rings is 1. The summed E-state index contributed by atoms with van der Waals surface area (Å²) in [5, 5.41) is 0. The molecule has 1 saturated heterocycles. The average Bonchev–Trinajstić information content (AvgIpc) is 2.77. The van der Waals surface area contributed by atoms with Gasteiger partial charge in [0.2, 0.25) is 0 Å². The molecule has 1 fully saturated rings. The number of aromatic nitrogens is 1. The molecule has 2 aromatic rings. The monoisotopic (exact) mass is 517 g/mol. The van der Waals surface area contributed by atoms with Crippen LogP contribution in [0.25, 0.3) is 0 Å². The largest absolute Gasteiger partial charge is 0.462 e. The van der Waals surface area contributed by atoms with Gasteiger partial charge in [0, 0.05) is 31.6 Å². The minimum absolute atomic E-state index is 0.0199. The molecule has 0 saturated carbocycles. The van der Waals surface area contributed by atoms with E-state index in [0.717, 1.165) is 18.4 Å². The summed E-state index contributed by atoms with van der Waals surface area (Å²) in [4.78, 5) is 19.1. The number of benzene rings is 1. The van der Waals surface area contributed by atoms with Gasteiger partial charge >= 0.3 is 12.1 Å². The summed E-state index contributed by atoms with van der Waals surface area (Å²) in [6.45, 7) is 6.20. The lowest BCUT2D eigenvalue weighted by Crippen LogP contribution is -2.56. The summed E-state index contributed by atoms with van der Waals surface area (Å²) in [5.74, 6) is -1.89. The molecule has 1 aliphatic rings. The van der Waals surface area contributed by atoms with Crippen molar-refractivity contribution in [3.8, 4) is 0 Å². The van der Waals surface area contributed by atoms with Gasteiger partial charge in [-0.3, -0.25) is 0 Å². The van der Waals surface area contributed by atoms with E-state index in [1.807, 2.05) is 18.7 Å². The van der Waals surface area contributed by atoms with Gasteiger partial charge in [-0.25, -0.2) is 22.6 Å². The zero-order chi connectivity index (χ0) is 26.1. The van der Waals surface area contributed by atoms with Crippen molar-refractivity contribution in [3.63, 3.8) is 0 Å². The third-order valence-electron chi connectivity index (χ3n) is 5.81. The Morgan fingerprint density at radius 3 is 2.46 bits per heavy atom. The quantitative estimate of drug-likeness (QED) is 0.420. The van der Waals surface area contributed by atoms with Crippen molar-refractivity contribution < 1.29 is 35.5 Å². The number of rotatable bonds is 6. The molecule has 0 amide bonds. The van der Waals surface area contributed by atoms with Gasteiger partial charge in [0.1, 0.15) is 16.5 Å². The zero-order valence-corrected chi connectivity index (χ0v) is 20.6. The summed E-state index contributed by atoms with van der Waals surface area (Å²) >= 11 is 0. The SMILES string of the molecule is CCOC(=O)c1ccc(N2CCN(c3ccc(F)c(S(C)(=O)=O)c3)C[C@H]2C(C)C)nc1C(F)(F)F. The Kier molecular flexibility index (Phi) is 7.63. The van der Waals surface area contributed by atoms with Gasteiger partial charge in [0.05, 0.1) is 18.2 Å². The van der Waals surface area contributed by atoms with Crippen molar-refractivity contribution in [1.29, 1.82) is 0 Å². The zero-order valence-electron chi connectivity index (χ0n) is 19.8. The van der Waals surface area contributed by atoms with Crippen LogP contribution in [0.5, 0.6) is 0 Å². The van der Waals surface area contributed by atoms with E-state index in [1.165, 1.54) is 25.1 Å². The molecule has 12 heteroatoms. The van der Waals surface area contributed by atoms with E-state index in [-0.39, 0.29) is 30.9 Å². The first-order valence-electron chi connectivity index (χ1n) is 11.0. The lowest BCUT2D eigenvalue weighted by atomic mass is 9.98. The van der Waals surface area contributed by atoms with Crippen molar-refractivity contribution in [2.75, 3.05) is 42.3 Å². The fourth-order valence-electron chi connectivity index (χ4n) is 4.07. The number of hydrogen-bond acceptors (Lipinski definition) is 7. The van der Waals surface area contributed by atoms with Gasteiger partial charge in [-0.2, -0.15) is 13.2 Å². The van der Waals surface area contributed by atoms with Crippen LogP contribution < -0.4 is 9.80 Å². The van der Waals surface area contributed by atoms with Crippen molar-refractivity contribution in [2.45, 2.75) is 37.9 Å². The Bertz CT molecular complexity index is 1200. The number of esters is 1. The van der Waals surface area contributed by atoms with Crippen LogP contribution >= 0.6 is 0 Å². The number of nitrogens with zero attached hydrogens (tertiary/aromatic N) is 3. The van der Waals surface area contributed by atoms with E-state index in [0.29, 0.717) is 18.8 Å². The highest BCUT2D eigenvalue weighted by Crippen LogP contribution is 2.34. The van der Waals surface area contributed by atoms with Gasteiger partial charge in [0.15, 0.2) is 15.5 Å². The first-order chi connectivity index (χ1) is 16.2. The third kappa shape index (κ3) is 5.85. The van der Waals surface area contributed by atoms with Gasteiger partial charge in [-0.05, 0) is 43.2 Å². The number of halogens is 4. The van der Waals surface area contributed by atoms with E-state index in [2.05, 4.69) is 4.98 Å². The van der Waals surface area contributed by atoms with Crippen molar-refractivity contribution in [3.05, 3.63) is 47.4 Å². The maximum absolute atomic E-state index is 14.1. The van der Waals surface area contributed by atoms with Gasteiger partial charge in [-0.1, -0.05) is 13.8 Å². The lowest BCUT2D eigenvalue weighted by molar-refractivity contribution is -0.141. The fourth-order valence-corrected chi connectivity index (χ4v) is 4.83. The normalized spacial score (nSPS) is 17.1. The molecule has 1 aromatic carbocycles. The Balaban J connectivity index is 1.95. The summed E-state index contributed by atoms with van der Waals surface area (Å²) in [7, 11) is -3.78. The number of anilines is 2. The fraction of sp³-hybridized carbons (Fsp3) is 0.478. The average molecular weight is 518 g/mol. The Labute approximate surface area is 201 Å². The van der Waals surface area contributed by atoms with Crippen LogP contribution in [0.3, 0.4) is 0 Å². The molecular formula is C23H27F4N3O4S. The molecule has 2 heterocycles. The minimum Gasteiger partial charge on any atom is -0.462 e. The highest BCUT2D eigenvalue weighted by molar-refractivity contribution is 7.90. The Hall–Kier alpha value is -2.89. The number of sulfone groups is 1. The van der Waals surface area contributed by atoms with Crippen LogP contribution in [0.2, 0.25) is 0 Å². The van der Waals surface area contributed by atoms with Crippen LogP contribution in [-0.2, 0) is 20.8 Å². The maximum Gasteiger partial charge on any atom is 0.434 e. The number of piperazine rings is 1. The van der Waals surface area contributed by atoms with E-state index in [1.54, 1.807) is 4.90 Å². The smallest absolute Gasteiger partial charge is 0.434 e. The Morgan fingerprint density at radius 2 is 1.89 bits per heavy atom. The number of alkyl halides is 3. The molecule has 7 nitrogen and oxygen atoms in total. The van der Waals surface area contributed by atoms with Crippen molar-refractivity contribution in [1.82, 2.24) is 4.98 Å². The van der Waals surface area contributed by atoms with Crippen LogP contribution in [0, 0.1) is 11.7 Å². The molecule has 35 heavy (non-hydrogen) atoms. The molecule has 0 unspecified atom stereocenters. The molecule has 1 aliphatic heterocycles. The molecule has 3 rings (SSSR count). The first kappa shape index (κ1) is 26.7. The summed E-state index contributed by atoms with van der Waals surface area (Å²) in [6.07, 6.45) is -3.93. The molecule has 0 N–H and O–H groups in total. The molecule has 0 spiro atoms. The summed E-state index contributed by atoms with van der Waals surface area (Å²) < 4.78 is 83.8. The lowest BCUT2D eigenvalue weighted by Gasteiger charge is -2.45. The number of ether oxygens (including phenoxy) is 1. The summed E-state index contributed by atoms with van der Waals surface area (Å²) in [5.41, 5.74) is -1.46. The number of hydrogen-bond donors (Lipinski definition) is 0. The predicted octanol–water partition coefficient (Wildman–Crippen LogP) is 4.17. The van der Waals surface area contributed by atoms with E-state index in [4.69, 9.17) is 4.74 Å². The Morgan fingerprint density at radius 1 is 1.20 bits per heavy atom. The van der Waals surface area contributed by atoms with E-state index in [9.17, 15) is 30.8 Å². The van der Waals surface area contributed by atoms with Crippen LogP contribution in [-0.4, -0.2) is 57.9 Å². The highest BCUT2D eigenvalue weighted by atomic mass is 32.2. The summed E-state index contributed by atoms with van der Waals surface area (Å²) in [6, 6.07) is 5.99. The van der Waals surface area contributed by atoms with Crippen LogP contribution in [0.4, 0.5) is 29.1 Å². The number of carbonyl (C=O) groups is 1. The second-order valence-corrected chi connectivity index (χ2v) is 10.6. The maximum atomic E-state index is 14.1. The second kappa shape index (κ2) is 10.00. The standard InChI is InChI=1S/C23H27F4N3O4S/c1-5-34-22(31)16-7-9-20(28-21(16)23(25,26)27)30-11-10-29(13-18(30)14(2)3)15-6-8-17(24)19(12-15)35(4,32)33/h6-9,12,14,18H,5,10-11,13H2,1-4H3/t18-/m0/s1. The molecule has 0 radical (unpaired) electrons. The predicted molar refractivity (Wildman–Crippen MR) is 123 cm³/mol. The first-order valence-corrected chi connectivity index (χ1v) is 12.9. The van der Waals surface area contributed by atoms with E-state index >= 15 is 0 Å². The van der Waals surface area contributed by atoms with Gasteiger partial charge in [-0.15, -0.1) is 0 Å². The van der Waals surface area contributed by atoms with Gasteiger partial charge in [0.25, 0.3) is 0 Å². The topological polar surface area (TPSA) is 79.8 Å². The van der Waals surface area contributed by atoms with Gasteiger partial charge < -0.3 is 14.5 Å². The molecular weight excluding hydrogens is 490 g/mol. The van der Waals surface area contributed by atoms with Crippen molar-refractivity contribution >= 4 is 27.3 Å². The molecule has 1 aromatic heterocycles. The molecule has 192 valence electrons. The molecule has 0 aliphatic carbocycles. The van der Waals surface area contributed by atoms with Crippen LogP contribution in [0.15, 0.2) is 35.2 Å². The third-order valence-corrected chi connectivity index (χ3v) is 6.92. The second-order valence-electron chi connectivity index (χ2n) is 8.62. The number of carbonyl (C=O) groups excluding carboxylic acids is 1. The van der Waals surface area contributed by atoms with Crippen LogP contribution in [0.1, 0.15) is 36.8 Å².